The van der Waals surface area contributed by atoms with E-state index in [9.17, 15) is 0 Å². The largest absolute Gasteiger partial charge is 1.00 e. The van der Waals surface area contributed by atoms with Gasteiger partial charge in [0, 0.05) is 0 Å². The van der Waals surface area contributed by atoms with E-state index in [2.05, 4.69) is 67.7 Å². The van der Waals surface area contributed by atoms with Crippen LogP contribution in [0.25, 0.3) is 5.32 Å². The zero-order valence-electron chi connectivity index (χ0n) is 11.5. The van der Waals surface area contributed by atoms with Crippen molar-refractivity contribution in [1.82, 2.24) is 0 Å². The van der Waals surface area contributed by atoms with Gasteiger partial charge in [0.05, 0.1) is 0 Å². The third-order valence-corrected chi connectivity index (χ3v) is 2.83. The van der Waals surface area contributed by atoms with Gasteiger partial charge in [0.15, 0.2) is 0 Å². The Morgan fingerprint density at radius 3 is 1.33 bits per heavy atom. The molecule has 0 heterocycles. The van der Waals surface area contributed by atoms with Crippen molar-refractivity contribution in [2.24, 2.45) is 0 Å². The summed E-state index contributed by atoms with van der Waals surface area (Å²) in [5.74, 6) is 0. The van der Waals surface area contributed by atoms with Crippen molar-refractivity contribution in [3.63, 3.8) is 0 Å². The number of aryl methyl sites for hydroxylation is 2. The smallest absolute Gasteiger partial charge is 0.655 e. The van der Waals surface area contributed by atoms with Gasteiger partial charge >= 0.3 is 18.9 Å². The van der Waals surface area contributed by atoms with Crippen molar-refractivity contribution >= 4 is 0 Å². The Morgan fingerprint density at radius 1 is 0.667 bits per heavy atom. The maximum atomic E-state index is 4.57. The van der Waals surface area contributed by atoms with Gasteiger partial charge in [-0.2, -0.15) is 0 Å². The summed E-state index contributed by atoms with van der Waals surface area (Å²) < 4.78 is 0. The van der Waals surface area contributed by atoms with Gasteiger partial charge in [-0.1, -0.05) is 70.8 Å². The fraction of sp³-hybridized carbons (Fsp3) is 0.250. The summed E-state index contributed by atoms with van der Waals surface area (Å²) in [4.78, 5) is 0. The van der Waals surface area contributed by atoms with Crippen molar-refractivity contribution < 1.29 is 18.9 Å². The fourth-order valence-electron chi connectivity index (χ4n) is 1.70. The minimum absolute atomic E-state index is 0. The van der Waals surface area contributed by atoms with Gasteiger partial charge in [0.2, 0.25) is 0 Å². The summed E-state index contributed by atoms with van der Waals surface area (Å²) in [6.45, 7) is 5.81. The second-order valence-corrected chi connectivity index (χ2v) is 4.51. The van der Waals surface area contributed by atoms with Crippen LogP contribution >= 0.6 is 0 Å². The van der Waals surface area contributed by atoms with Gasteiger partial charge in [0.1, 0.15) is 0 Å². The first kappa shape index (κ1) is 15.1. The Labute approximate surface area is 122 Å². The molecule has 0 aliphatic heterocycles. The standard InChI is InChI=1S/C16H18N.Li/c1-13-3-7-15(8-4-13)11-17-12-16-9-5-14(2)6-10-16;/h3-10H,11-12H2,1-2H3;/q-1;+1. The van der Waals surface area contributed by atoms with E-state index < -0.39 is 0 Å². The number of hydrogen-bond acceptors (Lipinski definition) is 0. The van der Waals surface area contributed by atoms with Crippen LogP contribution in [0.4, 0.5) is 0 Å². The van der Waals surface area contributed by atoms with E-state index in [1.165, 1.54) is 22.3 Å². The zero-order valence-corrected chi connectivity index (χ0v) is 11.5. The topological polar surface area (TPSA) is 14.1 Å². The van der Waals surface area contributed by atoms with E-state index in [1.807, 2.05) is 0 Å². The molecule has 2 rings (SSSR count). The molecule has 2 heteroatoms. The summed E-state index contributed by atoms with van der Waals surface area (Å²) in [5, 5.41) is 4.57. The van der Waals surface area contributed by atoms with Crippen molar-refractivity contribution in [1.29, 1.82) is 0 Å². The zero-order chi connectivity index (χ0) is 12.1. The number of nitrogens with zero attached hydrogens (tertiary/aromatic N) is 1. The molecule has 0 aromatic heterocycles. The molecule has 0 N–H and O–H groups in total. The number of rotatable bonds is 4. The van der Waals surface area contributed by atoms with Crippen molar-refractivity contribution in [3.05, 3.63) is 76.1 Å². The maximum Gasteiger partial charge on any atom is 1.00 e. The summed E-state index contributed by atoms with van der Waals surface area (Å²) in [5.41, 5.74) is 5.16. The molecule has 0 aliphatic rings. The molecule has 0 radical (unpaired) electrons. The third kappa shape index (κ3) is 4.70. The van der Waals surface area contributed by atoms with Crippen LogP contribution in [0.2, 0.25) is 0 Å². The van der Waals surface area contributed by atoms with E-state index in [1.54, 1.807) is 0 Å². The van der Waals surface area contributed by atoms with Crippen LogP contribution < -0.4 is 18.9 Å². The number of benzene rings is 2. The summed E-state index contributed by atoms with van der Waals surface area (Å²) in [6, 6.07) is 17.1. The molecule has 0 aliphatic carbocycles. The Bertz CT molecular complexity index is 414. The monoisotopic (exact) mass is 231 g/mol. The molecule has 0 saturated heterocycles. The Hall–Kier alpha value is -1.00. The van der Waals surface area contributed by atoms with E-state index in [-0.39, 0.29) is 18.9 Å². The van der Waals surface area contributed by atoms with Gasteiger partial charge in [-0.3, -0.25) is 0 Å². The molecule has 0 amide bonds. The summed E-state index contributed by atoms with van der Waals surface area (Å²) in [7, 11) is 0. The van der Waals surface area contributed by atoms with Crippen LogP contribution in [-0.4, -0.2) is 0 Å². The van der Waals surface area contributed by atoms with Gasteiger partial charge in [-0.25, -0.2) is 0 Å². The normalized spacial score (nSPS) is 9.89. The quantitative estimate of drug-likeness (QED) is 0.706. The Kier molecular flexibility index (Phi) is 6.22. The minimum atomic E-state index is 0. The van der Waals surface area contributed by atoms with Crippen molar-refractivity contribution in [2.75, 3.05) is 0 Å². The molecule has 2 aromatic rings. The van der Waals surface area contributed by atoms with Gasteiger partial charge in [-0.15, -0.1) is 13.1 Å². The van der Waals surface area contributed by atoms with Gasteiger partial charge in [0.25, 0.3) is 0 Å². The van der Waals surface area contributed by atoms with Gasteiger partial charge < -0.3 is 5.32 Å². The molecular formula is C16H18LiN. The molecule has 0 fully saturated rings. The molecule has 0 unspecified atom stereocenters. The van der Waals surface area contributed by atoms with E-state index in [4.69, 9.17) is 0 Å². The Morgan fingerprint density at radius 2 is 1.00 bits per heavy atom. The molecule has 1 nitrogen and oxygen atoms in total. The van der Waals surface area contributed by atoms with Crippen LogP contribution in [0.15, 0.2) is 48.5 Å². The predicted molar refractivity (Wildman–Crippen MR) is 73.1 cm³/mol. The molecule has 0 atom stereocenters. The molecule has 2 aromatic carbocycles. The minimum Gasteiger partial charge on any atom is -0.655 e. The van der Waals surface area contributed by atoms with Crippen LogP contribution in [0.5, 0.6) is 0 Å². The molecule has 0 saturated carbocycles. The summed E-state index contributed by atoms with van der Waals surface area (Å²) >= 11 is 0. The summed E-state index contributed by atoms with van der Waals surface area (Å²) in [6.07, 6.45) is 0. The van der Waals surface area contributed by atoms with Crippen LogP contribution in [0, 0.1) is 13.8 Å². The SMILES string of the molecule is Cc1ccc(C[N-]Cc2ccc(C)cc2)cc1.[Li+]. The average molecular weight is 231 g/mol. The molecule has 88 valence electrons. The molecule has 0 bridgehead atoms. The van der Waals surface area contributed by atoms with Crippen LogP contribution in [0.1, 0.15) is 22.3 Å². The Balaban J connectivity index is 0.00000162. The van der Waals surface area contributed by atoms with E-state index in [0.717, 1.165) is 13.1 Å². The van der Waals surface area contributed by atoms with Crippen molar-refractivity contribution in [2.45, 2.75) is 26.9 Å². The maximum absolute atomic E-state index is 4.57. The number of hydrogen-bond donors (Lipinski definition) is 0. The van der Waals surface area contributed by atoms with Crippen molar-refractivity contribution in [3.8, 4) is 0 Å². The fourth-order valence-corrected chi connectivity index (χ4v) is 1.70. The first-order chi connectivity index (χ1) is 8.24. The van der Waals surface area contributed by atoms with E-state index in [0.29, 0.717) is 0 Å². The molecule has 18 heavy (non-hydrogen) atoms. The second-order valence-electron chi connectivity index (χ2n) is 4.51. The first-order valence-corrected chi connectivity index (χ1v) is 5.98. The van der Waals surface area contributed by atoms with Crippen LogP contribution in [-0.2, 0) is 13.1 Å². The first-order valence-electron chi connectivity index (χ1n) is 5.98. The average Bonchev–Trinajstić information content (AvgIpc) is 2.34. The molecular weight excluding hydrogens is 213 g/mol. The van der Waals surface area contributed by atoms with Crippen LogP contribution in [0.3, 0.4) is 0 Å². The van der Waals surface area contributed by atoms with Gasteiger partial charge in [-0.05, 0) is 13.8 Å². The predicted octanol–water partition coefficient (Wildman–Crippen LogP) is 1.38. The third-order valence-electron chi connectivity index (χ3n) is 2.83. The second kappa shape index (κ2) is 7.44. The molecule has 0 spiro atoms. The van der Waals surface area contributed by atoms with E-state index >= 15 is 0 Å².